The molecule has 3 aromatic carbocycles. The molecule has 3 rings (SSSR count). The van der Waals surface area contributed by atoms with Crippen molar-refractivity contribution in [2.45, 2.75) is 13.5 Å². The highest BCUT2D eigenvalue weighted by atomic mass is 16.5. The maximum atomic E-state index is 12.4. The molecule has 2 amide bonds. The predicted octanol–water partition coefficient (Wildman–Crippen LogP) is 3.94. The monoisotopic (exact) mass is 374 g/mol. The number of benzene rings is 3. The molecule has 2 N–H and O–H groups in total. The van der Waals surface area contributed by atoms with E-state index in [1.165, 1.54) is 0 Å². The van der Waals surface area contributed by atoms with E-state index in [9.17, 15) is 9.59 Å². The van der Waals surface area contributed by atoms with Crippen LogP contribution in [0.3, 0.4) is 0 Å². The molecule has 0 heterocycles. The third-order valence-corrected chi connectivity index (χ3v) is 4.16. The van der Waals surface area contributed by atoms with Crippen LogP contribution in [0.25, 0.3) is 0 Å². The van der Waals surface area contributed by atoms with Crippen molar-refractivity contribution >= 4 is 17.5 Å². The van der Waals surface area contributed by atoms with Crippen LogP contribution in [0, 0.1) is 6.92 Å². The van der Waals surface area contributed by atoms with Crippen molar-refractivity contribution in [1.29, 1.82) is 0 Å². The Balaban J connectivity index is 1.54. The van der Waals surface area contributed by atoms with Crippen LogP contribution in [0.1, 0.15) is 21.5 Å². The lowest BCUT2D eigenvalue weighted by Gasteiger charge is -2.10. The summed E-state index contributed by atoms with van der Waals surface area (Å²) < 4.78 is 5.54. The summed E-state index contributed by atoms with van der Waals surface area (Å²) in [7, 11) is 0. The summed E-state index contributed by atoms with van der Waals surface area (Å²) in [4.78, 5) is 24.5. The second-order valence-electron chi connectivity index (χ2n) is 6.35. The summed E-state index contributed by atoms with van der Waals surface area (Å²) in [5.41, 5.74) is 3.01. The Hall–Kier alpha value is -3.60. The van der Waals surface area contributed by atoms with E-state index in [2.05, 4.69) is 10.6 Å². The summed E-state index contributed by atoms with van der Waals surface area (Å²) in [6, 6.07) is 24.0. The topological polar surface area (TPSA) is 67.4 Å². The van der Waals surface area contributed by atoms with Crippen molar-refractivity contribution in [1.82, 2.24) is 5.32 Å². The fourth-order valence-corrected chi connectivity index (χ4v) is 2.68. The summed E-state index contributed by atoms with van der Waals surface area (Å²) in [6.45, 7) is 2.26. The summed E-state index contributed by atoms with van der Waals surface area (Å²) in [6.07, 6.45) is 0. The van der Waals surface area contributed by atoms with Gasteiger partial charge in [0.2, 0.25) is 0 Å². The van der Waals surface area contributed by atoms with Gasteiger partial charge in [0, 0.05) is 17.8 Å². The minimum Gasteiger partial charge on any atom is -0.483 e. The van der Waals surface area contributed by atoms with Crippen LogP contribution < -0.4 is 15.4 Å². The lowest BCUT2D eigenvalue weighted by Crippen LogP contribution is -2.23. The molecule has 142 valence electrons. The first-order valence-electron chi connectivity index (χ1n) is 9.02. The Bertz CT molecular complexity index is 955. The molecule has 0 aliphatic rings. The number of ether oxygens (including phenoxy) is 1. The van der Waals surface area contributed by atoms with Crippen molar-refractivity contribution in [2.24, 2.45) is 0 Å². The van der Waals surface area contributed by atoms with E-state index in [0.717, 1.165) is 11.1 Å². The van der Waals surface area contributed by atoms with Gasteiger partial charge in [0.15, 0.2) is 6.61 Å². The van der Waals surface area contributed by atoms with Crippen molar-refractivity contribution in [2.75, 3.05) is 11.9 Å². The first kappa shape index (κ1) is 19.2. The number of carbonyl (C=O) groups excluding carboxylic acids is 2. The minimum atomic E-state index is -0.287. The molecular weight excluding hydrogens is 352 g/mol. The number of amides is 2. The van der Waals surface area contributed by atoms with Gasteiger partial charge in [0.25, 0.3) is 11.8 Å². The third-order valence-electron chi connectivity index (χ3n) is 4.16. The molecule has 0 saturated carbocycles. The Morgan fingerprint density at radius 2 is 1.64 bits per heavy atom. The number of hydrogen-bond acceptors (Lipinski definition) is 3. The van der Waals surface area contributed by atoms with E-state index in [4.69, 9.17) is 4.74 Å². The molecule has 0 aliphatic heterocycles. The lowest BCUT2D eigenvalue weighted by atomic mass is 10.1. The van der Waals surface area contributed by atoms with Gasteiger partial charge in [-0.1, -0.05) is 54.6 Å². The molecule has 0 fully saturated rings. The number of nitrogens with one attached hydrogen (secondary N) is 2. The van der Waals surface area contributed by atoms with E-state index in [1.807, 2.05) is 61.5 Å². The molecule has 0 radical (unpaired) electrons. The van der Waals surface area contributed by atoms with Crippen LogP contribution in [0.2, 0.25) is 0 Å². The van der Waals surface area contributed by atoms with Gasteiger partial charge in [-0.15, -0.1) is 0 Å². The fourth-order valence-electron chi connectivity index (χ4n) is 2.68. The maximum Gasteiger partial charge on any atom is 0.262 e. The Morgan fingerprint density at radius 1 is 0.893 bits per heavy atom. The van der Waals surface area contributed by atoms with E-state index < -0.39 is 0 Å². The Morgan fingerprint density at radius 3 is 2.43 bits per heavy atom. The zero-order valence-corrected chi connectivity index (χ0v) is 15.6. The van der Waals surface area contributed by atoms with Crippen molar-refractivity contribution in [3.8, 4) is 5.75 Å². The summed E-state index contributed by atoms with van der Waals surface area (Å²) >= 11 is 0. The highest BCUT2D eigenvalue weighted by Crippen LogP contribution is 2.16. The average Bonchev–Trinajstić information content (AvgIpc) is 2.72. The number of aryl methyl sites for hydroxylation is 1. The zero-order chi connectivity index (χ0) is 19.8. The van der Waals surface area contributed by atoms with Crippen LogP contribution in [-0.4, -0.2) is 18.4 Å². The van der Waals surface area contributed by atoms with E-state index in [1.54, 1.807) is 24.3 Å². The van der Waals surface area contributed by atoms with Crippen molar-refractivity contribution < 1.29 is 14.3 Å². The molecule has 0 unspecified atom stereocenters. The number of para-hydroxylation sites is 1. The van der Waals surface area contributed by atoms with E-state index in [0.29, 0.717) is 23.5 Å². The molecule has 3 aromatic rings. The quantitative estimate of drug-likeness (QED) is 0.658. The van der Waals surface area contributed by atoms with Crippen LogP contribution >= 0.6 is 0 Å². The number of rotatable bonds is 7. The van der Waals surface area contributed by atoms with Gasteiger partial charge < -0.3 is 15.4 Å². The Labute approximate surface area is 164 Å². The fraction of sp³-hybridized carbons (Fsp3) is 0.130. The average molecular weight is 374 g/mol. The maximum absolute atomic E-state index is 12.4. The van der Waals surface area contributed by atoms with Gasteiger partial charge >= 0.3 is 0 Å². The molecule has 0 bridgehead atoms. The van der Waals surface area contributed by atoms with Gasteiger partial charge in [-0.3, -0.25) is 9.59 Å². The normalized spacial score (nSPS) is 10.2. The zero-order valence-electron chi connectivity index (χ0n) is 15.6. The second kappa shape index (κ2) is 9.37. The predicted molar refractivity (Wildman–Crippen MR) is 109 cm³/mol. The molecule has 0 saturated heterocycles. The van der Waals surface area contributed by atoms with Gasteiger partial charge in [-0.05, 0) is 42.3 Å². The third kappa shape index (κ3) is 5.45. The minimum absolute atomic E-state index is 0.102. The Kier molecular flexibility index (Phi) is 6.41. The largest absolute Gasteiger partial charge is 0.483 e. The van der Waals surface area contributed by atoms with Gasteiger partial charge in [0.05, 0.1) is 0 Å². The van der Waals surface area contributed by atoms with Crippen molar-refractivity contribution in [3.63, 3.8) is 0 Å². The second-order valence-corrected chi connectivity index (χ2v) is 6.35. The summed E-state index contributed by atoms with van der Waals surface area (Å²) in [5.74, 6) is 0.188. The van der Waals surface area contributed by atoms with Gasteiger partial charge in [0.1, 0.15) is 5.75 Å². The van der Waals surface area contributed by atoms with Gasteiger partial charge in [-0.25, -0.2) is 0 Å². The van der Waals surface area contributed by atoms with Gasteiger partial charge in [-0.2, -0.15) is 0 Å². The molecular formula is C23H22N2O3. The SMILES string of the molecule is Cc1ccccc1OCC(=O)Nc1cccc(C(=O)NCc2ccccc2)c1. The number of carbonyl (C=O) groups is 2. The molecule has 0 aromatic heterocycles. The molecule has 0 aliphatic carbocycles. The highest BCUT2D eigenvalue weighted by Gasteiger charge is 2.09. The smallest absolute Gasteiger partial charge is 0.262 e. The molecule has 0 atom stereocenters. The van der Waals surface area contributed by atoms with Crippen molar-refractivity contribution in [3.05, 3.63) is 95.6 Å². The first-order chi connectivity index (χ1) is 13.6. The lowest BCUT2D eigenvalue weighted by molar-refractivity contribution is -0.118. The molecule has 28 heavy (non-hydrogen) atoms. The molecule has 0 spiro atoms. The van der Waals surface area contributed by atoms with Crippen LogP contribution in [0.5, 0.6) is 5.75 Å². The molecule has 5 nitrogen and oxygen atoms in total. The van der Waals surface area contributed by atoms with E-state index in [-0.39, 0.29) is 18.4 Å². The highest BCUT2D eigenvalue weighted by molar-refractivity contribution is 5.97. The number of anilines is 1. The van der Waals surface area contributed by atoms with Crippen LogP contribution in [0.15, 0.2) is 78.9 Å². The van der Waals surface area contributed by atoms with E-state index >= 15 is 0 Å². The number of hydrogen-bond donors (Lipinski definition) is 2. The van der Waals surface area contributed by atoms with Crippen LogP contribution in [0.4, 0.5) is 5.69 Å². The van der Waals surface area contributed by atoms with Crippen LogP contribution in [-0.2, 0) is 11.3 Å². The summed E-state index contributed by atoms with van der Waals surface area (Å²) in [5, 5.41) is 5.63. The molecule has 5 heteroatoms. The standard InChI is InChI=1S/C23H22N2O3/c1-17-8-5-6-13-21(17)28-16-22(26)25-20-12-7-11-19(14-20)23(27)24-15-18-9-3-2-4-10-18/h2-14H,15-16H2,1H3,(H,24,27)(H,25,26). The first-order valence-corrected chi connectivity index (χ1v) is 9.02.